The summed E-state index contributed by atoms with van der Waals surface area (Å²) in [5.41, 5.74) is 0.807. The molecule has 0 spiro atoms. The number of hydrogen-bond donors (Lipinski definition) is 2. The van der Waals surface area contributed by atoms with Gasteiger partial charge in [0.05, 0.1) is 23.0 Å². The molecule has 1 fully saturated rings. The highest BCUT2D eigenvalue weighted by Crippen LogP contribution is 2.18. The first-order chi connectivity index (χ1) is 10.6. The average Bonchev–Trinajstić information content (AvgIpc) is 2.92. The molecule has 0 unspecified atom stereocenters. The molecule has 0 aliphatic carbocycles. The molecule has 1 aliphatic heterocycles. The lowest BCUT2D eigenvalue weighted by atomic mass is 9.96. The van der Waals surface area contributed by atoms with Crippen LogP contribution in [0.15, 0.2) is 5.38 Å². The SMILES string of the molecule is Cc1nc(CC(=O)N2CCC[C@H](C(=O)NCCCO)C2)cs1. The fourth-order valence-electron chi connectivity index (χ4n) is 2.61. The lowest BCUT2D eigenvalue weighted by Gasteiger charge is -2.32. The Morgan fingerprint density at radius 3 is 3.05 bits per heavy atom. The smallest absolute Gasteiger partial charge is 0.228 e. The van der Waals surface area contributed by atoms with E-state index in [0.717, 1.165) is 23.5 Å². The summed E-state index contributed by atoms with van der Waals surface area (Å²) in [6.45, 7) is 3.67. The van der Waals surface area contributed by atoms with E-state index in [1.165, 1.54) is 0 Å². The van der Waals surface area contributed by atoms with Gasteiger partial charge in [-0.15, -0.1) is 11.3 Å². The zero-order valence-corrected chi connectivity index (χ0v) is 13.7. The number of carbonyl (C=O) groups excluding carboxylic acids is 2. The van der Waals surface area contributed by atoms with Crippen molar-refractivity contribution in [3.8, 4) is 0 Å². The normalized spacial score (nSPS) is 18.3. The number of aliphatic hydroxyl groups is 1. The van der Waals surface area contributed by atoms with E-state index in [9.17, 15) is 9.59 Å². The van der Waals surface area contributed by atoms with Gasteiger partial charge in [-0.05, 0) is 26.2 Å². The topological polar surface area (TPSA) is 82.5 Å². The van der Waals surface area contributed by atoms with Gasteiger partial charge in [0.15, 0.2) is 0 Å². The molecule has 1 aromatic heterocycles. The third-order valence-corrected chi connectivity index (χ3v) is 4.60. The van der Waals surface area contributed by atoms with Gasteiger partial charge >= 0.3 is 0 Å². The quantitative estimate of drug-likeness (QED) is 0.756. The van der Waals surface area contributed by atoms with E-state index in [1.807, 2.05) is 12.3 Å². The van der Waals surface area contributed by atoms with Gasteiger partial charge in [0.25, 0.3) is 0 Å². The van der Waals surface area contributed by atoms with E-state index in [-0.39, 0.29) is 24.3 Å². The van der Waals surface area contributed by atoms with Crippen molar-refractivity contribution in [2.24, 2.45) is 5.92 Å². The van der Waals surface area contributed by atoms with Crippen LogP contribution in [0.1, 0.15) is 30.0 Å². The van der Waals surface area contributed by atoms with Gasteiger partial charge in [-0.3, -0.25) is 9.59 Å². The standard InChI is InChI=1S/C15H23N3O3S/c1-11-17-13(10-22-11)8-14(20)18-6-2-4-12(9-18)15(21)16-5-3-7-19/h10,12,19H,2-9H2,1H3,(H,16,21)/t12-/m0/s1. The molecule has 6 nitrogen and oxygen atoms in total. The molecule has 1 aliphatic rings. The summed E-state index contributed by atoms with van der Waals surface area (Å²) in [5, 5.41) is 14.4. The maximum Gasteiger partial charge on any atom is 0.228 e. The number of nitrogens with one attached hydrogen (secondary N) is 1. The van der Waals surface area contributed by atoms with Crippen molar-refractivity contribution < 1.29 is 14.7 Å². The van der Waals surface area contributed by atoms with Gasteiger partial charge in [0.1, 0.15) is 0 Å². The van der Waals surface area contributed by atoms with Crippen LogP contribution in [0.2, 0.25) is 0 Å². The van der Waals surface area contributed by atoms with Gasteiger partial charge < -0.3 is 15.3 Å². The summed E-state index contributed by atoms with van der Waals surface area (Å²) in [4.78, 5) is 30.5. The molecule has 7 heteroatoms. The second-order valence-electron chi connectivity index (χ2n) is 5.58. The van der Waals surface area contributed by atoms with Crippen molar-refractivity contribution in [1.82, 2.24) is 15.2 Å². The van der Waals surface area contributed by atoms with Crippen molar-refractivity contribution in [2.75, 3.05) is 26.2 Å². The monoisotopic (exact) mass is 325 g/mol. The van der Waals surface area contributed by atoms with E-state index in [0.29, 0.717) is 32.5 Å². The lowest BCUT2D eigenvalue weighted by Crippen LogP contribution is -2.46. The summed E-state index contributed by atoms with van der Waals surface area (Å²) >= 11 is 1.54. The van der Waals surface area contributed by atoms with E-state index >= 15 is 0 Å². The van der Waals surface area contributed by atoms with Gasteiger partial charge in [-0.2, -0.15) is 0 Å². The third kappa shape index (κ3) is 4.78. The molecule has 0 bridgehead atoms. The second kappa shape index (κ2) is 8.24. The molecule has 1 saturated heterocycles. The van der Waals surface area contributed by atoms with Gasteiger partial charge in [-0.25, -0.2) is 4.98 Å². The molecule has 122 valence electrons. The van der Waals surface area contributed by atoms with E-state index in [2.05, 4.69) is 10.3 Å². The Morgan fingerprint density at radius 1 is 1.55 bits per heavy atom. The summed E-state index contributed by atoms with van der Waals surface area (Å²) in [6.07, 6.45) is 2.53. The first-order valence-corrected chi connectivity index (χ1v) is 8.55. The van der Waals surface area contributed by atoms with Crippen LogP contribution >= 0.6 is 11.3 Å². The van der Waals surface area contributed by atoms with Crippen LogP contribution in [0.5, 0.6) is 0 Å². The zero-order chi connectivity index (χ0) is 15.9. The highest BCUT2D eigenvalue weighted by atomic mass is 32.1. The van der Waals surface area contributed by atoms with E-state index in [1.54, 1.807) is 16.2 Å². The minimum absolute atomic E-state index is 0.0181. The molecule has 22 heavy (non-hydrogen) atoms. The highest BCUT2D eigenvalue weighted by Gasteiger charge is 2.28. The Hall–Kier alpha value is -1.47. The van der Waals surface area contributed by atoms with Crippen LogP contribution in [-0.4, -0.2) is 53.0 Å². The fourth-order valence-corrected chi connectivity index (χ4v) is 3.22. The van der Waals surface area contributed by atoms with Gasteiger partial charge in [-0.1, -0.05) is 0 Å². The zero-order valence-electron chi connectivity index (χ0n) is 12.9. The van der Waals surface area contributed by atoms with Crippen LogP contribution in [0.25, 0.3) is 0 Å². The summed E-state index contributed by atoms with van der Waals surface area (Å²) in [6, 6.07) is 0. The van der Waals surface area contributed by atoms with Crippen molar-refractivity contribution in [1.29, 1.82) is 0 Å². The highest BCUT2D eigenvalue weighted by molar-refractivity contribution is 7.09. The Kier molecular flexibility index (Phi) is 6.33. The van der Waals surface area contributed by atoms with Gasteiger partial charge in [0, 0.05) is 31.6 Å². The molecule has 2 heterocycles. The number of carbonyl (C=O) groups is 2. The molecule has 0 saturated carbocycles. The molecule has 2 N–H and O–H groups in total. The number of likely N-dealkylation sites (tertiary alicyclic amines) is 1. The molecule has 0 aromatic carbocycles. The molecule has 1 atom stereocenters. The third-order valence-electron chi connectivity index (χ3n) is 3.78. The largest absolute Gasteiger partial charge is 0.396 e. The van der Waals surface area contributed by atoms with Crippen molar-refractivity contribution in [3.63, 3.8) is 0 Å². The van der Waals surface area contributed by atoms with E-state index < -0.39 is 0 Å². The fraction of sp³-hybridized carbons (Fsp3) is 0.667. The molecule has 2 amide bonds. The number of piperidine rings is 1. The molecule has 0 radical (unpaired) electrons. The average molecular weight is 325 g/mol. The van der Waals surface area contributed by atoms with Crippen LogP contribution in [-0.2, 0) is 16.0 Å². The Labute approximate surface area is 134 Å². The van der Waals surface area contributed by atoms with Crippen LogP contribution in [0, 0.1) is 12.8 Å². The molecule has 1 aromatic rings. The summed E-state index contributed by atoms with van der Waals surface area (Å²) in [7, 11) is 0. The van der Waals surface area contributed by atoms with Crippen LogP contribution < -0.4 is 5.32 Å². The maximum atomic E-state index is 12.3. The molecular weight excluding hydrogens is 302 g/mol. The Morgan fingerprint density at radius 2 is 2.36 bits per heavy atom. The number of amides is 2. The Balaban J connectivity index is 1.84. The first-order valence-electron chi connectivity index (χ1n) is 7.67. The predicted molar refractivity (Wildman–Crippen MR) is 84.6 cm³/mol. The summed E-state index contributed by atoms with van der Waals surface area (Å²) in [5.74, 6) is -0.123. The number of aromatic nitrogens is 1. The number of hydrogen-bond acceptors (Lipinski definition) is 5. The van der Waals surface area contributed by atoms with Crippen molar-refractivity contribution in [2.45, 2.75) is 32.6 Å². The number of aliphatic hydroxyl groups excluding tert-OH is 1. The second-order valence-corrected chi connectivity index (χ2v) is 6.64. The van der Waals surface area contributed by atoms with Crippen LogP contribution in [0.4, 0.5) is 0 Å². The lowest BCUT2D eigenvalue weighted by molar-refractivity contribution is -0.135. The number of thiazole rings is 1. The number of aryl methyl sites for hydroxylation is 1. The molecular formula is C15H23N3O3S. The number of rotatable bonds is 6. The van der Waals surface area contributed by atoms with E-state index in [4.69, 9.17) is 5.11 Å². The Bertz CT molecular complexity index is 518. The summed E-state index contributed by atoms with van der Waals surface area (Å²) < 4.78 is 0. The van der Waals surface area contributed by atoms with Gasteiger partial charge in [0.2, 0.25) is 11.8 Å². The maximum absolute atomic E-state index is 12.3. The minimum atomic E-state index is -0.145. The molecule has 2 rings (SSSR count). The first kappa shape index (κ1) is 16.9. The van der Waals surface area contributed by atoms with Crippen molar-refractivity contribution >= 4 is 23.2 Å². The predicted octanol–water partition coefficient (Wildman–Crippen LogP) is 0.731. The van der Waals surface area contributed by atoms with Crippen molar-refractivity contribution in [3.05, 3.63) is 16.1 Å². The number of nitrogens with zero attached hydrogens (tertiary/aromatic N) is 2. The van der Waals surface area contributed by atoms with Crippen LogP contribution in [0.3, 0.4) is 0 Å². The minimum Gasteiger partial charge on any atom is -0.396 e.